The Morgan fingerprint density at radius 1 is 0.970 bits per heavy atom. The number of nitrogens with two attached hydrogens (primary N) is 1. The van der Waals surface area contributed by atoms with Crippen LogP contribution in [0.4, 0.5) is 22.7 Å². The van der Waals surface area contributed by atoms with Crippen molar-refractivity contribution < 1.29 is 14.4 Å². The lowest BCUT2D eigenvalue weighted by molar-refractivity contribution is -0.107. The molecule has 0 aliphatic heterocycles. The van der Waals surface area contributed by atoms with E-state index in [0.717, 1.165) is 17.7 Å². The van der Waals surface area contributed by atoms with Crippen LogP contribution in [0.1, 0.15) is 28.4 Å². The molecule has 0 bridgehead atoms. The van der Waals surface area contributed by atoms with E-state index in [2.05, 4.69) is 5.32 Å². The summed E-state index contributed by atoms with van der Waals surface area (Å²) in [6, 6.07) is 20.6. The number of rotatable bonds is 8. The number of aryl methyl sites for hydroxylation is 1. The minimum Gasteiger partial charge on any atom is -0.397 e. The molecule has 0 aliphatic carbocycles. The van der Waals surface area contributed by atoms with E-state index in [1.165, 1.54) is 12.5 Å². The van der Waals surface area contributed by atoms with Crippen LogP contribution in [-0.2, 0) is 16.1 Å². The van der Waals surface area contributed by atoms with Crippen LogP contribution >= 0.6 is 0 Å². The molecule has 33 heavy (non-hydrogen) atoms. The molecule has 0 saturated heterocycles. The third-order valence-electron chi connectivity index (χ3n) is 4.94. The van der Waals surface area contributed by atoms with Crippen molar-refractivity contribution in [3.8, 4) is 0 Å². The molecule has 0 atom stereocenters. The van der Waals surface area contributed by atoms with Gasteiger partial charge in [0.25, 0.3) is 0 Å². The van der Waals surface area contributed by atoms with Crippen molar-refractivity contribution in [1.29, 1.82) is 0 Å². The molecular formula is C26H30N4O3. The number of amides is 2. The van der Waals surface area contributed by atoms with Gasteiger partial charge in [0.1, 0.15) is 0 Å². The molecule has 0 aromatic heterocycles. The first-order valence-electron chi connectivity index (χ1n) is 10.4. The standard InChI is InChI=1S/C19H22N2O2.C7H8N2O/c1-14-8-10-16(11-9-14)12-21(13-22)19-17(15(2)23)6-5-7-18(19)20(3)4;8-6-3-1-2-4-7(6)9-5-10/h5-11,13H,12H2,1-4H3;1-5H,8H2,(H,9,10). The fourth-order valence-corrected chi connectivity index (χ4v) is 3.23. The van der Waals surface area contributed by atoms with E-state index in [-0.39, 0.29) is 5.78 Å². The van der Waals surface area contributed by atoms with Crippen molar-refractivity contribution in [3.05, 3.63) is 83.4 Å². The summed E-state index contributed by atoms with van der Waals surface area (Å²) in [6.45, 7) is 3.97. The van der Waals surface area contributed by atoms with Crippen molar-refractivity contribution in [2.24, 2.45) is 0 Å². The van der Waals surface area contributed by atoms with E-state index in [1.54, 1.807) is 23.1 Å². The Hall–Kier alpha value is -4.13. The maximum atomic E-state index is 12.0. The van der Waals surface area contributed by atoms with Gasteiger partial charge in [-0.2, -0.15) is 0 Å². The SMILES string of the molecule is CC(=O)c1cccc(N(C)C)c1N(C=O)Cc1ccc(C)cc1.Nc1ccccc1NC=O. The van der Waals surface area contributed by atoms with Gasteiger partial charge in [-0.05, 0) is 43.7 Å². The monoisotopic (exact) mass is 446 g/mol. The number of hydrogen-bond acceptors (Lipinski definition) is 5. The third-order valence-corrected chi connectivity index (χ3v) is 4.94. The number of nitrogens with zero attached hydrogens (tertiary/aromatic N) is 2. The topological polar surface area (TPSA) is 95.7 Å². The normalized spacial score (nSPS) is 9.82. The lowest BCUT2D eigenvalue weighted by Crippen LogP contribution is -2.25. The zero-order valence-electron chi connectivity index (χ0n) is 19.4. The van der Waals surface area contributed by atoms with E-state index in [4.69, 9.17) is 5.73 Å². The Kier molecular flexibility index (Phi) is 9.17. The average Bonchev–Trinajstić information content (AvgIpc) is 2.80. The van der Waals surface area contributed by atoms with Gasteiger partial charge in [0, 0.05) is 19.7 Å². The molecule has 0 fully saturated rings. The van der Waals surface area contributed by atoms with Crippen LogP contribution in [0.5, 0.6) is 0 Å². The highest BCUT2D eigenvalue weighted by atomic mass is 16.1. The second-order valence-corrected chi connectivity index (χ2v) is 7.69. The van der Waals surface area contributed by atoms with Gasteiger partial charge in [-0.3, -0.25) is 14.4 Å². The lowest BCUT2D eigenvalue weighted by Gasteiger charge is -2.26. The van der Waals surface area contributed by atoms with E-state index in [0.29, 0.717) is 35.6 Å². The lowest BCUT2D eigenvalue weighted by atomic mass is 10.1. The molecule has 0 aliphatic rings. The van der Waals surface area contributed by atoms with Crippen molar-refractivity contribution in [2.75, 3.05) is 34.9 Å². The molecule has 0 spiro atoms. The largest absolute Gasteiger partial charge is 0.397 e. The van der Waals surface area contributed by atoms with Crippen LogP contribution in [0, 0.1) is 6.92 Å². The molecule has 7 heteroatoms. The van der Waals surface area contributed by atoms with E-state index in [1.807, 2.05) is 74.4 Å². The minimum atomic E-state index is -0.0561. The molecule has 2 amide bonds. The maximum absolute atomic E-state index is 12.0. The predicted octanol–water partition coefficient (Wildman–Crippen LogP) is 4.26. The second kappa shape index (κ2) is 12.0. The first kappa shape index (κ1) is 25.1. The van der Waals surface area contributed by atoms with Crippen molar-refractivity contribution in [3.63, 3.8) is 0 Å². The summed E-state index contributed by atoms with van der Waals surface area (Å²) in [5.41, 5.74) is 11.0. The zero-order valence-corrected chi connectivity index (χ0v) is 19.4. The smallest absolute Gasteiger partial charge is 0.214 e. The molecule has 3 aromatic carbocycles. The Balaban J connectivity index is 0.000000321. The summed E-state index contributed by atoms with van der Waals surface area (Å²) >= 11 is 0. The van der Waals surface area contributed by atoms with Crippen molar-refractivity contribution in [1.82, 2.24) is 0 Å². The highest BCUT2D eigenvalue weighted by Crippen LogP contribution is 2.33. The van der Waals surface area contributed by atoms with Gasteiger partial charge in [0.05, 0.1) is 29.3 Å². The maximum Gasteiger partial charge on any atom is 0.214 e. The van der Waals surface area contributed by atoms with Crippen LogP contribution in [-0.4, -0.2) is 32.7 Å². The Morgan fingerprint density at radius 3 is 2.18 bits per heavy atom. The van der Waals surface area contributed by atoms with Crippen LogP contribution in [0.15, 0.2) is 66.7 Å². The van der Waals surface area contributed by atoms with Crippen LogP contribution < -0.4 is 20.9 Å². The molecule has 0 unspecified atom stereocenters. The molecule has 3 N–H and O–H groups in total. The quantitative estimate of drug-likeness (QED) is 0.306. The van der Waals surface area contributed by atoms with Gasteiger partial charge in [-0.1, -0.05) is 48.0 Å². The molecule has 0 radical (unpaired) electrons. The van der Waals surface area contributed by atoms with E-state index >= 15 is 0 Å². The summed E-state index contributed by atoms with van der Waals surface area (Å²) in [7, 11) is 3.80. The Bertz CT molecular complexity index is 1090. The average molecular weight is 447 g/mol. The second-order valence-electron chi connectivity index (χ2n) is 7.69. The Morgan fingerprint density at radius 2 is 1.64 bits per heavy atom. The number of nitrogens with one attached hydrogen (secondary N) is 1. The number of benzene rings is 3. The number of Topliss-reactive ketones (excluding diaryl/α,β-unsaturated/α-hetero) is 1. The summed E-state index contributed by atoms with van der Waals surface area (Å²) < 4.78 is 0. The number of hydrogen-bond donors (Lipinski definition) is 2. The third kappa shape index (κ3) is 6.93. The van der Waals surface area contributed by atoms with Gasteiger partial charge < -0.3 is 20.9 Å². The van der Waals surface area contributed by atoms with Crippen LogP contribution in [0.2, 0.25) is 0 Å². The molecule has 0 saturated carbocycles. The highest BCUT2D eigenvalue weighted by molar-refractivity contribution is 6.05. The molecule has 0 heterocycles. The van der Waals surface area contributed by atoms with Crippen LogP contribution in [0.25, 0.3) is 0 Å². The number of carbonyl (C=O) groups excluding carboxylic acids is 3. The van der Waals surface area contributed by atoms with Gasteiger partial charge in [0.2, 0.25) is 12.8 Å². The van der Waals surface area contributed by atoms with Gasteiger partial charge in [-0.25, -0.2) is 0 Å². The number of para-hydroxylation sites is 3. The molecular weight excluding hydrogens is 416 g/mol. The number of ketones is 1. The summed E-state index contributed by atoms with van der Waals surface area (Å²) in [4.78, 5) is 37.2. The zero-order chi connectivity index (χ0) is 24.4. The fraction of sp³-hybridized carbons (Fsp3) is 0.192. The number of carbonyl (C=O) groups is 3. The van der Waals surface area contributed by atoms with E-state index in [9.17, 15) is 14.4 Å². The van der Waals surface area contributed by atoms with Crippen molar-refractivity contribution >= 4 is 41.4 Å². The molecule has 3 aromatic rings. The van der Waals surface area contributed by atoms with Gasteiger partial charge in [-0.15, -0.1) is 0 Å². The number of nitrogen functional groups attached to an aromatic ring is 1. The predicted molar refractivity (Wildman–Crippen MR) is 135 cm³/mol. The molecule has 172 valence electrons. The molecule has 3 rings (SSSR count). The summed E-state index contributed by atoms with van der Waals surface area (Å²) in [6.07, 6.45) is 1.39. The van der Waals surface area contributed by atoms with Gasteiger partial charge in [0.15, 0.2) is 5.78 Å². The summed E-state index contributed by atoms with van der Waals surface area (Å²) in [5.74, 6) is -0.0561. The summed E-state index contributed by atoms with van der Waals surface area (Å²) in [5, 5.41) is 2.47. The van der Waals surface area contributed by atoms with Crippen LogP contribution in [0.3, 0.4) is 0 Å². The van der Waals surface area contributed by atoms with E-state index < -0.39 is 0 Å². The highest BCUT2D eigenvalue weighted by Gasteiger charge is 2.19. The van der Waals surface area contributed by atoms with Crippen molar-refractivity contribution in [2.45, 2.75) is 20.4 Å². The minimum absolute atomic E-state index is 0.0561. The number of anilines is 4. The first-order valence-corrected chi connectivity index (χ1v) is 10.4. The fourth-order valence-electron chi connectivity index (χ4n) is 3.23. The van der Waals surface area contributed by atoms with Gasteiger partial charge >= 0.3 is 0 Å². The first-order chi connectivity index (χ1) is 15.8. The Labute approximate surface area is 194 Å². The molecule has 7 nitrogen and oxygen atoms in total.